The van der Waals surface area contributed by atoms with Gasteiger partial charge in [-0.2, -0.15) is 0 Å². The van der Waals surface area contributed by atoms with Gasteiger partial charge in [-0.25, -0.2) is 0 Å². The molecule has 0 heterocycles. The van der Waals surface area contributed by atoms with Gasteiger partial charge in [0.15, 0.2) is 0 Å². The largest absolute Gasteiger partial charge is 0.497 e. The Morgan fingerprint density at radius 3 is 2.89 bits per heavy atom. The highest BCUT2D eigenvalue weighted by Crippen LogP contribution is 2.37. The molecule has 1 aromatic rings. The van der Waals surface area contributed by atoms with E-state index in [0.717, 1.165) is 11.7 Å². The molecule has 3 heteroatoms. The second-order valence-corrected chi connectivity index (χ2v) is 5.45. The van der Waals surface area contributed by atoms with Crippen LogP contribution in [0, 0.1) is 11.8 Å². The molecule has 0 spiro atoms. The summed E-state index contributed by atoms with van der Waals surface area (Å²) >= 11 is 0. The van der Waals surface area contributed by atoms with Gasteiger partial charge in [0.1, 0.15) is 5.75 Å². The molecule has 1 aromatic carbocycles. The third-order valence-corrected chi connectivity index (χ3v) is 4.08. The number of rotatable bonds is 4. The van der Waals surface area contributed by atoms with E-state index in [1.54, 1.807) is 7.11 Å². The maximum Gasteiger partial charge on any atom is 0.119 e. The molecule has 2 rings (SSSR count). The van der Waals surface area contributed by atoms with E-state index in [1.165, 1.54) is 31.2 Å². The summed E-state index contributed by atoms with van der Waals surface area (Å²) in [5.41, 5.74) is 4.24. The highest BCUT2D eigenvalue weighted by atomic mass is 16.5. The molecule has 0 amide bonds. The van der Waals surface area contributed by atoms with Crippen molar-refractivity contribution in [3.8, 4) is 5.75 Å². The Labute approximate surface area is 110 Å². The van der Waals surface area contributed by atoms with Crippen molar-refractivity contribution in [2.75, 3.05) is 7.11 Å². The summed E-state index contributed by atoms with van der Waals surface area (Å²) in [7, 11) is 1.70. The number of nitrogens with two attached hydrogens (primary N) is 1. The molecule has 0 saturated heterocycles. The number of methoxy groups -OCH3 is 1. The molecule has 0 aliphatic heterocycles. The average molecular weight is 248 g/mol. The van der Waals surface area contributed by atoms with Gasteiger partial charge in [0.2, 0.25) is 0 Å². The van der Waals surface area contributed by atoms with Crippen LogP contribution in [0.2, 0.25) is 0 Å². The quantitative estimate of drug-likeness (QED) is 0.636. The maximum absolute atomic E-state index is 5.78. The SMILES string of the molecule is COc1cccc(C(NN)C2CCCC(C)C2)c1. The fourth-order valence-electron chi connectivity index (χ4n) is 3.12. The summed E-state index contributed by atoms with van der Waals surface area (Å²) < 4.78 is 5.29. The summed E-state index contributed by atoms with van der Waals surface area (Å²) in [6.45, 7) is 2.34. The number of hydrogen-bond acceptors (Lipinski definition) is 3. The van der Waals surface area contributed by atoms with Gasteiger partial charge in [-0.05, 0) is 42.4 Å². The van der Waals surface area contributed by atoms with E-state index in [9.17, 15) is 0 Å². The van der Waals surface area contributed by atoms with E-state index >= 15 is 0 Å². The van der Waals surface area contributed by atoms with Crippen molar-refractivity contribution in [3.05, 3.63) is 29.8 Å². The standard InChI is InChI=1S/C15H24N2O/c1-11-5-3-6-12(9-11)15(17-16)13-7-4-8-14(10-13)18-2/h4,7-8,10-12,15,17H,3,5-6,9,16H2,1-2H3. The molecule has 100 valence electrons. The van der Waals surface area contributed by atoms with Gasteiger partial charge in [-0.3, -0.25) is 11.3 Å². The van der Waals surface area contributed by atoms with Crippen molar-refractivity contribution in [3.63, 3.8) is 0 Å². The lowest BCUT2D eigenvalue weighted by atomic mass is 9.77. The molecule has 18 heavy (non-hydrogen) atoms. The smallest absolute Gasteiger partial charge is 0.119 e. The predicted molar refractivity (Wildman–Crippen MR) is 74.2 cm³/mol. The van der Waals surface area contributed by atoms with Crippen LogP contribution in [0.1, 0.15) is 44.2 Å². The summed E-state index contributed by atoms with van der Waals surface area (Å²) in [6, 6.07) is 8.46. The van der Waals surface area contributed by atoms with Crippen molar-refractivity contribution in [1.82, 2.24) is 5.43 Å². The van der Waals surface area contributed by atoms with Gasteiger partial charge < -0.3 is 4.74 Å². The second kappa shape index (κ2) is 6.21. The minimum Gasteiger partial charge on any atom is -0.497 e. The zero-order valence-corrected chi connectivity index (χ0v) is 11.4. The molecule has 1 saturated carbocycles. The maximum atomic E-state index is 5.78. The fourth-order valence-corrected chi connectivity index (χ4v) is 3.12. The van der Waals surface area contributed by atoms with Gasteiger partial charge >= 0.3 is 0 Å². The lowest BCUT2D eigenvalue weighted by molar-refractivity contribution is 0.224. The lowest BCUT2D eigenvalue weighted by Crippen LogP contribution is -2.35. The van der Waals surface area contributed by atoms with Crippen molar-refractivity contribution in [1.29, 1.82) is 0 Å². The monoisotopic (exact) mass is 248 g/mol. The molecule has 0 bridgehead atoms. The van der Waals surface area contributed by atoms with Crippen LogP contribution in [0.25, 0.3) is 0 Å². The molecule has 3 nitrogen and oxygen atoms in total. The van der Waals surface area contributed by atoms with Crippen molar-refractivity contribution in [2.24, 2.45) is 17.7 Å². The van der Waals surface area contributed by atoms with Crippen molar-refractivity contribution < 1.29 is 4.74 Å². The number of ether oxygens (including phenoxy) is 1. The van der Waals surface area contributed by atoms with E-state index in [2.05, 4.69) is 24.5 Å². The molecule has 0 aromatic heterocycles. The number of nitrogens with one attached hydrogen (secondary N) is 1. The van der Waals surface area contributed by atoms with E-state index in [0.29, 0.717) is 5.92 Å². The molecule has 1 fully saturated rings. The highest BCUT2D eigenvalue weighted by molar-refractivity contribution is 5.30. The second-order valence-electron chi connectivity index (χ2n) is 5.45. The van der Waals surface area contributed by atoms with Crippen LogP contribution in [0.15, 0.2) is 24.3 Å². The highest BCUT2D eigenvalue weighted by Gasteiger charge is 2.27. The average Bonchev–Trinajstić information content (AvgIpc) is 2.40. The van der Waals surface area contributed by atoms with E-state index in [-0.39, 0.29) is 6.04 Å². The minimum atomic E-state index is 0.239. The molecule has 0 radical (unpaired) electrons. The minimum absolute atomic E-state index is 0.239. The molecular formula is C15H24N2O. The third-order valence-electron chi connectivity index (χ3n) is 4.08. The first-order valence-electron chi connectivity index (χ1n) is 6.84. The van der Waals surface area contributed by atoms with Gasteiger partial charge in [-0.1, -0.05) is 31.9 Å². The fraction of sp³-hybridized carbons (Fsp3) is 0.600. The van der Waals surface area contributed by atoms with Gasteiger partial charge in [0.05, 0.1) is 7.11 Å². The molecule has 3 N–H and O–H groups in total. The van der Waals surface area contributed by atoms with Crippen LogP contribution in [0.5, 0.6) is 5.75 Å². The topological polar surface area (TPSA) is 47.3 Å². The van der Waals surface area contributed by atoms with Crippen LogP contribution in [-0.2, 0) is 0 Å². The van der Waals surface area contributed by atoms with Crippen LogP contribution in [0.3, 0.4) is 0 Å². The number of hydrazine groups is 1. The first kappa shape index (κ1) is 13.4. The molecule has 1 aliphatic carbocycles. The zero-order chi connectivity index (χ0) is 13.0. The summed E-state index contributed by atoms with van der Waals surface area (Å²) in [4.78, 5) is 0. The van der Waals surface area contributed by atoms with Crippen LogP contribution >= 0.6 is 0 Å². The van der Waals surface area contributed by atoms with Crippen LogP contribution in [0.4, 0.5) is 0 Å². The summed E-state index contributed by atoms with van der Waals surface area (Å²) in [6.07, 6.45) is 5.18. The Morgan fingerprint density at radius 1 is 1.39 bits per heavy atom. The Hall–Kier alpha value is -1.06. The van der Waals surface area contributed by atoms with Crippen LogP contribution < -0.4 is 16.0 Å². The van der Waals surface area contributed by atoms with Gasteiger partial charge in [0, 0.05) is 6.04 Å². The summed E-state index contributed by atoms with van der Waals surface area (Å²) in [5.74, 6) is 8.12. The van der Waals surface area contributed by atoms with Gasteiger partial charge in [0.25, 0.3) is 0 Å². The molecular weight excluding hydrogens is 224 g/mol. The first-order valence-corrected chi connectivity index (χ1v) is 6.84. The van der Waals surface area contributed by atoms with Crippen molar-refractivity contribution >= 4 is 0 Å². The normalized spacial score (nSPS) is 25.7. The van der Waals surface area contributed by atoms with E-state index in [4.69, 9.17) is 10.6 Å². The number of hydrogen-bond donors (Lipinski definition) is 2. The third kappa shape index (κ3) is 3.03. The zero-order valence-electron chi connectivity index (χ0n) is 11.4. The van der Waals surface area contributed by atoms with E-state index < -0.39 is 0 Å². The Balaban J connectivity index is 2.16. The van der Waals surface area contributed by atoms with Crippen molar-refractivity contribution in [2.45, 2.75) is 38.6 Å². The Bertz CT molecular complexity index is 381. The molecule has 3 unspecified atom stereocenters. The Morgan fingerprint density at radius 2 is 2.22 bits per heavy atom. The van der Waals surface area contributed by atoms with E-state index in [1.807, 2.05) is 12.1 Å². The summed E-state index contributed by atoms with van der Waals surface area (Å²) in [5, 5.41) is 0. The lowest BCUT2D eigenvalue weighted by Gasteiger charge is -2.33. The number of benzene rings is 1. The Kier molecular flexibility index (Phi) is 4.61. The van der Waals surface area contributed by atoms with Crippen LogP contribution in [-0.4, -0.2) is 7.11 Å². The predicted octanol–water partition coefficient (Wildman–Crippen LogP) is 3.03. The first-order chi connectivity index (χ1) is 8.74. The van der Waals surface area contributed by atoms with Gasteiger partial charge in [-0.15, -0.1) is 0 Å². The molecule has 3 atom stereocenters. The molecule has 1 aliphatic rings.